The monoisotopic (exact) mass is 366 g/mol. The van der Waals surface area contributed by atoms with Crippen LogP contribution in [0.15, 0.2) is 0 Å². The summed E-state index contributed by atoms with van der Waals surface area (Å²) in [4.78, 5) is 0. The third-order valence-corrected chi connectivity index (χ3v) is 18.8. The zero-order valence-corrected chi connectivity index (χ0v) is 7.99. The Hall–Kier alpha value is 1.22. The van der Waals surface area contributed by atoms with E-state index in [0.29, 0.717) is 0 Å². The van der Waals surface area contributed by atoms with Gasteiger partial charge in [-0.15, -0.1) is 0 Å². The van der Waals surface area contributed by atoms with Crippen molar-refractivity contribution in [1.29, 1.82) is 0 Å². The number of hydrogen-bond acceptors (Lipinski definition) is 2. The molecule has 1 aliphatic heterocycles. The van der Waals surface area contributed by atoms with Crippen LogP contribution in [0.25, 0.3) is 0 Å². The van der Waals surface area contributed by atoms with Gasteiger partial charge < -0.3 is 0 Å². The van der Waals surface area contributed by atoms with Crippen molar-refractivity contribution >= 4 is 39.7 Å². The van der Waals surface area contributed by atoms with Crippen LogP contribution in [-0.4, -0.2) is 39.7 Å². The molecule has 0 aromatic carbocycles. The Morgan fingerprint density at radius 3 is 1.00 bits per heavy atom. The SMILES string of the molecule is F[Te]1(F)N[Te](F)(F)N1. The second-order valence-corrected chi connectivity index (χ2v) is 13.8. The molecule has 0 aliphatic carbocycles. The summed E-state index contributed by atoms with van der Waals surface area (Å²) >= 11 is -10.4. The molecule has 1 aliphatic rings. The minimum atomic E-state index is -5.21. The molecule has 0 spiro atoms. The van der Waals surface area contributed by atoms with E-state index < -0.39 is 39.7 Å². The van der Waals surface area contributed by atoms with E-state index in [2.05, 4.69) is 0 Å². The van der Waals surface area contributed by atoms with Crippen LogP contribution < -0.4 is 3.64 Å². The van der Waals surface area contributed by atoms with Gasteiger partial charge in [0.25, 0.3) is 0 Å². The molecule has 0 atom stereocenters. The molecule has 8 heavy (non-hydrogen) atoms. The van der Waals surface area contributed by atoms with Crippen LogP contribution in [0.5, 0.6) is 0 Å². The van der Waals surface area contributed by atoms with Gasteiger partial charge in [0.15, 0.2) is 0 Å². The molecular weight excluding hydrogens is 359 g/mol. The molecule has 1 heterocycles. The van der Waals surface area contributed by atoms with Crippen molar-refractivity contribution in [3.63, 3.8) is 0 Å². The van der Waals surface area contributed by atoms with Crippen LogP contribution in [0.1, 0.15) is 0 Å². The first kappa shape index (κ1) is 7.33. The van der Waals surface area contributed by atoms with E-state index in [4.69, 9.17) is 0 Å². The van der Waals surface area contributed by atoms with Crippen molar-refractivity contribution in [2.75, 3.05) is 0 Å². The topological polar surface area (TPSA) is 24.1 Å². The standard InChI is InChI=1S/F4H2N2Te2/c1-7(2)5-8(3,4)6-7/h5-6H. The van der Waals surface area contributed by atoms with E-state index in [1.165, 1.54) is 0 Å². The van der Waals surface area contributed by atoms with Gasteiger partial charge >= 0.3 is 54.9 Å². The first-order valence-electron chi connectivity index (χ1n) is 1.43. The quantitative estimate of drug-likeness (QED) is 0.466. The molecule has 0 bridgehead atoms. The van der Waals surface area contributed by atoms with Crippen LogP contribution in [0.2, 0.25) is 0 Å². The van der Waals surface area contributed by atoms with E-state index >= 15 is 0 Å². The minimum absolute atomic E-state index is 1.06. The van der Waals surface area contributed by atoms with Crippen LogP contribution >= 0.6 is 0 Å². The molecule has 0 radical (unpaired) electrons. The van der Waals surface area contributed by atoms with Gasteiger partial charge in [-0.3, -0.25) is 0 Å². The molecule has 0 unspecified atom stereocenters. The molecule has 2 N–H and O–H groups in total. The van der Waals surface area contributed by atoms with E-state index in [-0.39, 0.29) is 0 Å². The molecule has 8 heteroatoms. The summed E-state index contributed by atoms with van der Waals surface area (Å²) < 4.78 is 48.4. The van der Waals surface area contributed by atoms with E-state index in [0.717, 1.165) is 3.64 Å². The first-order valence-corrected chi connectivity index (χ1v) is 9.62. The van der Waals surface area contributed by atoms with Crippen molar-refractivity contribution < 1.29 is 11.6 Å². The molecule has 1 saturated heterocycles. The van der Waals surface area contributed by atoms with Gasteiger partial charge in [-0.1, -0.05) is 0 Å². The van der Waals surface area contributed by atoms with Crippen molar-refractivity contribution in [2.24, 2.45) is 0 Å². The van der Waals surface area contributed by atoms with Gasteiger partial charge in [-0.2, -0.15) is 0 Å². The Kier molecular flexibility index (Phi) is 1.69. The summed E-state index contributed by atoms with van der Waals surface area (Å²) in [5, 5.41) is 0. The second-order valence-electron chi connectivity index (χ2n) is 1.10. The number of hydrogen-bond donors (Lipinski definition) is 2. The predicted octanol–water partition coefficient (Wildman–Crippen LogP) is -0.0716. The molecule has 0 saturated carbocycles. The number of halogens is 4. The molecule has 1 rings (SSSR count). The van der Waals surface area contributed by atoms with Gasteiger partial charge in [-0.05, 0) is 0 Å². The second kappa shape index (κ2) is 1.85. The summed E-state index contributed by atoms with van der Waals surface area (Å²) in [6, 6.07) is 0. The van der Waals surface area contributed by atoms with Crippen LogP contribution in [-0.2, 0) is 0 Å². The summed E-state index contributed by atoms with van der Waals surface area (Å²) in [5.74, 6) is 0. The predicted molar refractivity (Wildman–Crippen MR) is 22.2 cm³/mol. The molecule has 2 nitrogen and oxygen atoms in total. The maximum absolute atomic E-state index is 11.6. The fraction of sp³-hybridized carbons (Fsp3) is 0. The number of nitrogens with one attached hydrogen (secondary N) is 2. The van der Waals surface area contributed by atoms with Crippen molar-refractivity contribution in [2.45, 2.75) is 0 Å². The molecule has 0 aromatic heterocycles. The van der Waals surface area contributed by atoms with Crippen LogP contribution in [0.3, 0.4) is 0 Å². The Labute approximate surface area is 54.7 Å². The van der Waals surface area contributed by atoms with Crippen LogP contribution in [0, 0.1) is 0 Å². The third-order valence-electron chi connectivity index (χ3n) is 0.419. The van der Waals surface area contributed by atoms with E-state index in [1.807, 2.05) is 0 Å². The fourth-order valence-electron chi connectivity index (χ4n) is 0.263. The summed E-state index contributed by atoms with van der Waals surface area (Å²) in [5.41, 5.74) is 0. The van der Waals surface area contributed by atoms with E-state index in [9.17, 15) is 11.6 Å². The molecule has 0 aromatic rings. The zero-order valence-electron chi connectivity index (χ0n) is 3.33. The maximum atomic E-state index is 11.6. The number of rotatable bonds is 0. The molecular formula is H2F4N2Te2. The Balaban J connectivity index is 2.42. The Bertz CT molecular complexity index is 88.6. The van der Waals surface area contributed by atoms with Gasteiger partial charge in [0, 0.05) is 0 Å². The van der Waals surface area contributed by atoms with Crippen molar-refractivity contribution in [3.8, 4) is 0 Å². The first-order chi connectivity index (χ1) is 3.41. The molecule has 1 fully saturated rings. The van der Waals surface area contributed by atoms with Gasteiger partial charge in [-0.25, -0.2) is 0 Å². The average Bonchev–Trinajstić information content (AvgIpc) is 1.20. The Morgan fingerprint density at radius 1 is 0.750 bits per heavy atom. The van der Waals surface area contributed by atoms with Crippen molar-refractivity contribution in [1.82, 2.24) is 3.64 Å². The third kappa shape index (κ3) is 1.60. The normalized spacial score (nSPS) is 39.5. The van der Waals surface area contributed by atoms with Gasteiger partial charge in [0.05, 0.1) is 0 Å². The van der Waals surface area contributed by atoms with E-state index in [1.54, 1.807) is 0 Å². The van der Waals surface area contributed by atoms with Crippen molar-refractivity contribution in [3.05, 3.63) is 0 Å². The zero-order chi connectivity index (χ0) is 6.41. The van der Waals surface area contributed by atoms with Gasteiger partial charge in [0.1, 0.15) is 0 Å². The summed E-state index contributed by atoms with van der Waals surface area (Å²) in [7, 11) is 0. The Morgan fingerprint density at radius 2 is 1.00 bits per heavy atom. The fourth-order valence-corrected chi connectivity index (χ4v) is 11.8. The van der Waals surface area contributed by atoms with Crippen LogP contribution in [0.4, 0.5) is 11.6 Å². The van der Waals surface area contributed by atoms with Gasteiger partial charge in [0.2, 0.25) is 0 Å². The summed E-state index contributed by atoms with van der Waals surface area (Å²) in [6.45, 7) is 0. The summed E-state index contributed by atoms with van der Waals surface area (Å²) in [6.07, 6.45) is 0. The average molecular weight is 361 g/mol. The molecule has 0 amide bonds. The molecule has 52 valence electrons.